The highest BCUT2D eigenvalue weighted by molar-refractivity contribution is 6.30. The summed E-state index contributed by atoms with van der Waals surface area (Å²) in [5.41, 5.74) is 3.90. The summed E-state index contributed by atoms with van der Waals surface area (Å²) < 4.78 is 5.27. The molecule has 2 aromatic carbocycles. The number of hydrogen-bond acceptors (Lipinski definition) is 3. The molecule has 32 heavy (non-hydrogen) atoms. The van der Waals surface area contributed by atoms with Gasteiger partial charge in [0.1, 0.15) is 10.9 Å². The van der Waals surface area contributed by atoms with Crippen molar-refractivity contribution in [3.63, 3.8) is 0 Å². The van der Waals surface area contributed by atoms with Gasteiger partial charge in [-0.15, -0.1) is 0 Å². The number of urea groups is 1. The average Bonchev–Trinajstić information content (AvgIpc) is 2.80. The summed E-state index contributed by atoms with van der Waals surface area (Å²) in [6.45, 7) is 2.92. The van der Waals surface area contributed by atoms with Crippen LogP contribution in [0.25, 0.3) is 10.9 Å². The van der Waals surface area contributed by atoms with Crippen molar-refractivity contribution in [3.05, 3.63) is 70.4 Å². The number of methoxy groups -OCH3 is 1. The molecule has 1 heterocycles. The summed E-state index contributed by atoms with van der Waals surface area (Å²) in [5, 5.41) is 4.71. The molecule has 0 spiro atoms. The average molecular weight is 452 g/mol. The lowest BCUT2D eigenvalue weighted by atomic mass is 9.96. The Morgan fingerprint density at radius 2 is 1.84 bits per heavy atom. The van der Waals surface area contributed by atoms with E-state index in [9.17, 15) is 4.79 Å². The molecule has 5 nitrogen and oxygen atoms in total. The molecule has 1 fully saturated rings. The number of fused-ring (bicyclic) bond motifs is 1. The number of aromatic nitrogens is 1. The molecule has 0 atom stereocenters. The fourth-order valence-corrected chi connectivity index (χ4v) is 4.50. The number of nitrogens with zero attached hydrogens (tertiary/aromatic N) is 2. The van der Waals surface area contributed by atoms with Gasteiger partial charge in [-0.25, -0.2) is 9.78 Å². The van der Waals surface area contributed by atoms with Gasteiger partial charge in [0.05, 0.1) is 19.2 Å². The highest BCUT2D eigenvalue weighted by Gasteiger charge is 2.21. The molecule has 6 heteroatoms. The molecule has 0 radical (unpaired) electrons. The third-order valence-corrected chi connectivity index (χ3v) is 6.44. The maximum Gasteiger partial charge on any atom is 0.318 e. The second kappa shape index (κ2) is 10.2. The van der Waals surface area contributed by atoms with Crippen molar-refractivity contribution in [3.8, 4) is 5.75 Å². The van der Waals surface area contributed by atoms with E-state index >= 15 is 0 Å². The minimum Gasteiger partial charge on any atom is -0.497 e. The number of benzene rings is 2. The molecule has 0 bridgehead atoms. The lowest BCUT2D eigenvalue weighted by Gasteiger charge is -2.29. The van der Waals surface area contributed by atoms with Crippen LogP contribution >= 0.6 is 11.6 Å². The van der Waals surface area contributed by atoms with Gasteiger partial charge in [-0.3, -0.25) is 0 Å². The number of hydrogen-bond donors (Lipinski definition) is 1. The van der Waals surface area contributed by atoms with Gasteiger partial charge in [-0.1, -0.05) is 54.6 Å². The Morgan fingerprint density at radius 3 is 2.56 bits per heavy atom. The Morgan fingerprint density at radius 1 is 1.09 bits per heavy atom. The van der Waals surface area contributed by atoms with Crippen LogP contribution in [-0.2, 0) is 13.1 Å². The number of pyridine rings is 1. The third-order valence-electron chi connectivity index (χ3n) is 6.11. The highest BCUT2D eigenvalue weighted by Crippen LogP contribution is 2.25. The third kappa shape index (κ3) is 5.52. The summed E-state index contributed by atoms with van der Waals surface area (Å²) in [4.78, 5) is 19.7. The van der Waals surface area contributed by atoms with Crippen molar-refractivity contribution >= 4 is 28.5 Å². The molecule has 168 valence electrons. The van der Waals surface area contributed by atoms with Gasteiger partial charge in [0.2, 0.25) is 0 Å². The molecule has 3 aromatic rings. The number of ether oxygens (including phenoxy) is 1. The summed E-state index contributed by atoms with van der Waals surface area (Å²) >= 11 is 6.54. The van der Waals surface area contributed by atoms with Crippen molar-refractivity contribution in [1.82, 2.24) is 15.2 Å². The minimum atomic E-state index is -0.0619. The van der Waals surface area contributed by atoms with Crippen molar-refractivity contribution in [2.24, 2.45) is 0 Å². The molecule has 1 aromatic heterocycles. The first-order valence-electron chi connectivity index (χ1n) is 11.3. The van der Waals surface area contributed by atoms with Crippen molar-refractivity contribution in [1.29, 1.82) is 0 Å². The number of amides is 2. The molecular weight excluding hydrogens is 422 g/mol. The Bertz CT molecular complexity index is 1080. The standard InChI is InChI=1S/C26H30ClN3O2/c1-18-8-13-24-20(14-18)15-21(25(27)29-24)17-30(16-19-9-11-23(32-2)12-10-19)26(31)28-22-6-4-3-5-7-22/h8-15,22H,3-7,16-17H2,1-2H3,(H,28,31). The topological polar surface area (TPSA) is 54.5 Å². The van der Waals surface area contributed by atoms with Crippen LogP contribution < -0.4 is 10.1 Å². The molecule has 1 N–H and O–H groups in total. The Balaban J connectivity index is 1.59. The van der Waals surface area contributed by atoms with E-state index in [0.29, 0.717) is 18.2 Å². The minimum absolute atomic E-state index is 0.0619. The van der Waals surface area contributed by atoms with E-state index in [4.69, 9.17) is 16.3 Å². The zero-order valence-electron chi connectivity index (χ0n) is 18.7. The second-order valence-corrected chi connectivity index (χ2v) is 8.98. The first-order chi connectivity index (χ1) is 15.5. The highest BCUT2D eigenvalue weighted by atomic mass is 35.5. The van der Waals surface area contributed by atoms with E-state index in [-0.39, 0.29) is 12.1 Å². The van der Waals surface area contributed by atoms with Gasteiger partial charge in [-0.2, -0.15) is 0 Å². The molecule has 1 aliphatic carbocycles. The fourth-order valence-electron chi connectivity index (χ4n) is 4.30. The van der Waals surface area contributed by atoms with Gasteiger partial charge in [0.25, 0.3) is 0 Å². The van der Waals surface area contributed by atoms with E-state index in [1.807, 2.05) is 47.4 Å². The lowest BCUT2D eigenvalue weighted by molar-refractivity contribution is 0.184. The summed E-state index contributed by atoms with van der Waals surface area (Å²) in [6.07, 6.45) is 5.67. The fraction of sp³-hybridized carbons (Fsp3) is 0.385. The number of carbonyl (C=O) groups is 1. The van der Waals surface area contributed by atoms with Crippen molar-refractivity contribution in [2.75, 3.05) is 7.11 Å². The second-order valence-electron chi connectivity index (χ2n) is 8.62. The van der Waals surface area contributed by atoms with E-state index in [2.05, 4.69) is 23.3 Å². The number of nitrogens with one attached hydrogen (secondary N) is 1. The number of carbonyl (C=O) groups excluding carboxylic acids is 1. The van der Waals surface area contributed by atoms with E-state index in [0.717, 1.165) is 46.2 Å². The van der Waals surface area contributed by atoms with Gasteiger partial charge in [0.15, 0.2) is 0 Å². The first-order valence-corrected chi connectivity index (χ1v) is 11.6. The summed E-state index contributed by atoms with van der Waals surface area (Å²) in [5.74, 6) is 0.795. The number of halogens is 1. The maximum atomic E-state index is 13.3. The number of rotatable bonds is 6. The maximum absolute atomic E-state index is 13.3. The van der Waals surface area contributed by atoms with Crippen molar-refractivity contribution < 1.29 is 9.53 Å². The Kier molecular flexibility index (Phi) is 7.15. The van der Waals surface area contributed by atoms with Crippen LogP contribution in [0.3, 0.4) is 0 Å². The van der Waals surface area contributed by atoms with E-state index < -0.39 is 0 Å². The zero-order valence-corrected chi connectivity index (χ0v) is 19.5. The monoisotopic (exact) mass is 451 g/mol. The van der Waals surface area contributed by atoms with Crippen LogP contribution in [0.2, 0.25) is 5.15 Å². The van der Waals surface area contributed by atoms with Crippen LogP contribution in [0.5, 0.6) is 5.75 Å². The number of aryl methyl sites for hydroxylation is 1. The van der Waals surface area contributed by atoms with Gasteiger partial charge in [0, 0.05) is 23.5 Å². The Hall–Kier alpha value is -2.79. The predicted molar refractivity (Wildman–Crippen MR) is 129 cm³/mol. The Labute approximate surface area is 194 Å². The summed E-state index contributed by atoms with van der Waals surface area (Å²) in [6, 6.07) is 16.1. The quantitative estimate of drug-likeness (QED) is 0.450. The molecule has 0 aliphatic heterocycles. The zero-order chi connectivity index (χ0) is 22.5. The van der Waals surface area contributed by atoms with Crippen LogP contribution in [0.4, 0.5) is 4.79 Å². The van der Waals surface area contributed by atoms with Gasteiger partial charge >= 0.3 is 6.03 Å². The van der Waals surface area contributed by atoms with E-state index in [1.165, 1.54) is 19.3 Å². The van der Waals surface area contributed by atoms with Crippen molar-refractivity contribution in [2.45, 2.75) is 58.2 Å². The van der Waals surface area contributed by atoms with Gasteiger partial charge < -0.3 is 15.0 Å². The smallest absolute Gasteiger partial charge is 0.318 e. The van der Waals surface area contributed by atoms with Gasteiger partial charge in [-0.05, 0) is 55.7 Å². The molecule has 1 aliphatic rings. The SMILES string of the molecule is COc1ccc(CN(Cc2cc3cc(C)ccc3nc2Cl)C(=O)NC2CCCCC2)cc1. The van der Waals surface area contributed by atoms with Crippen LogP contribution in [0.1, 0.15) is 48.8 Å². The normalized spacial score (nSPS) is 14.3. The molecular formula is C26H30ClN3O2. The molecule has 0 saturated heterocycles. The van der Waals surface area contributed by atoms with E-state index in [1.54, 1.807) is 7.11 Å². The van der Waals surface area contributed by atoms with Crippen LogP contribution in [0.15, 0.2) is 48.5 Å². The van der Waals surface area contributed by atoms with Crippen LogP contribution in [-0.4, -0.2) is 29.1 Å². The predicted octanol–water partition coefficient (Wildman–Crippen LogP) is 6.25. The molecule has 4 rings (SSSR count). The molecule has 1 saturated carbocycles. The lowest BCUT2D eigenvalue weighted by Crippen LogP contribution is -2.44. The first kappa shape index (κ1) is 22.4. The summed E-state index contributed by atoms with van der Waals surface area (Å²) in [7, 11) is 1.65. The molecule has 2 amide bonds. The largest absolute Gasteiger partial charge is 0.497 e. The molecule has 0 unspecified atom stereocenters. The van der Waals surface area contributed by atoms with Crippen LogP contribution in [0, 0.1) is 6.92 Å².